The molecule has 2 unspecified atom stereocenters. The van der Waals surface area contributed by atoms with E-state index in [2.05, 4.69) is 10.2 Å². The van der Waals surface area contributed by atoms with E-state index >= 15 is 0 Å². The summed E-state index contributed by atoms with van der Waals surface area (Å²) in [6.07, 6.45) is 4.37. The molecule has 0 radical (unpaired) electrons. The standard InChI is InChI=1S/C11H21FN2/c12-11-8-13-5-4-10(11)9-14-6-2-1-3-7-14/h10-11,13H,1-9H2. The van der Waals surface area contributed by atoms with Gasteiger partial charge in [-0.1, -0.05) is 6.42 Å². The van der Waals surface area contributed by atoms with E-state index in [0.717, 1.165) is 19.5 Å². The van der Waals surface area contributed by atoms with Crippen molar-refractivity contribution in [2.24, 2.45) is 5.92 Å². The molecule has 0 saturated carbocycles. The van der Waals surface area contributed by atoms with E-state index in [4.69, 9.17) is 0 Å². The Morgan fingerprint density at radius 3 is 2.71 bits per heavy atom. The maximum absolute atomic E-state index is 13.5. The fourth-order valence-corrected chi connectivity index (χ4v) is 2.55. The minimum Gasteiger partial charge on any atom is -0.314 e. The van der Waals surface area contributed by atoms with Gasteiger partial charge in [0, 0.05) is 19.0 Å². The van der Waals surface area contributed by atoms with Crippen LogP contribution in [-0.2, 0) is 0 Å². The molecule has 2 aliphatic rings. The second kappa shape index (κ2) is 5.08. The average Bonchev–Trinajstić information content (AvgIpc) is 2.23. The highest BCUT2D eigenvalue weighted by molar-refractivity contribution is 4.81. The van der Waals surface area contributed by atoms with E-state index in [1.54, 1.807) is 0 Å². The second-order valence-electron chi connectivity index (χ2n) is 4.63. The van der Waals surface area contributed by atoms with Crippen LogP contribution >= 0.6 is 0 Å². The molecule has 2 aliphatic heterocycles. The highest BCUT2D eigenvalue weighted by Crippen LogP contribution is 2.19. The van der Waals surface area contributed by atoms with E-state index in [1.165, 1.54) is 32.4 Å². The lowest BCUT2D eigenvalue weighted by molar-refractivity contribution is 0.114. The van der Waals surface area contributed by atoms with Crippen molar-refractivity contribution in [1.29, 1.82) is 0 Å². The van der Waals surface area contributed by atoms with Crippen molar-refractivity contribution >= 4 is 0 Å². The van der Waals surface area contributed by atoms with E-state index in [0.29, 0.717) is 6.54 Å². The zero-order chi connectivity index (χ0) is 9.80. The molecule has 2 saturated heterocycles. The van der Waals surface area contributed by atoms with Crippen LogP contribution in [0.2, 0.25) is 0 Å². The Hall–Kier alpha value is -0.150. The van der Waals surface area contributed by atoms with Gasteiger partial charge < -0.3 is 10.2 Å². The third-order valence-electron chi connectivity index (χ3n) is 3.48. The predicted molar refractivity (Wildman–Crippen MR) is 56.2 cm³/mol. The maximum atomic E-state index is 13.5. The maximum Gasteiger partial charge on any atom is 0.117 e. The summed E-state index contributed by atoms with van der Waals surface area (Å²) in [7, 11) is 0. The molecule has 2 nitrogen and oxygen atoms in total. The summed E-state index contributed by atoms with van der Waals surface area (Å²) in [5.41, 5.74) is 0. The summed E-state index contributed by atoms with van der Waals surface area (Å²) in [6.45, 7) is 4.94. The highest BCUT2D eigenvalue weighted by atomic mass is 19.1. The molecule has 2 fully saturated rings. The Kier molecular flexibility index (Phi) is 3.76. The van der Waals surface area contributed by atoms with E-state index in [-0.39, 0.29) is 5.92 Å². The van der Waals surface area contributed by atoms with Crippen molar-refractivity contribution in [3.8, 4) is 0 Å². The van der Waals surface area contributed by atoms with Gasteiger partial charge in [0.1, 0.15) is 6.17 Å². The van der Waals surface area contributed by atoms with Crippen LogP contribution in [0.1, 0.15) is 25.7 Å². The molecule has 0 amide bonds. The molecule has 82 valence electrons. The molecule has 1 N–H and O–H groups in total. The van der Waals surface area contributed by atoms with Crippen molar-refractivity contribution in [3.05, 3.63) is 0 Å². The van der Waals surface area contributed by atoms with E-state index in [9.17, 15) is 4.39 Å². The first-order valence-electron chi connectivity index (χ1n) is 5.93. The first-order valence-corrected chi connectivity index (χ1v) is 5.93. The largest absolute Gasteiger partial charge is 0.314 e. The van der Waals surface area contributed by atoms with Gasteiger partial charge in [-0.15, -0.1) is 0 Å². The molecule has 0 spiro atoms. The Morgan fingerprint density at radius 2 is 2.00 bits per heavy atom. The van der Waals surface area contributed by atoms with Crippen LogP contribution in [0.5, 0.6) is 0 Å². The average molecular weight is 200 g/mol. The van der Waals surface area contributed by atoms with E-state index < -0.39 is 6.17 Å². The topological polar surface area (TPSA) is 15.3 Å². The summed E-state index contributed by atoms with van der Waals surface area (Å²) in [6, 6.07) is 0. The van der Waals surface area contributed by atoms with Crippen LogP contribution in [0.15, 0.2) is 0 Å². The van der Waals surface area contributed by atoms with Gasteiger partial charge in [-0.2, -0.15) is 0 Å². The van der Waals surface area contributed by atoms with Crippen molar-refractivity contribution in [2.75, 3.05) is 32.7 Å². The monoisotopic (exact) mass is 200 g/mol. The van der Waals surface area contributed by atoms with Gasteiger partial charge in [0.2, 0.25) is 0 Å². The molecule has 14 heavy (non-hydrogen) atoms. The SMILES string of the molecule is FC1CNCCC1CN1CCCCC1. The minimum absolute atomic E-state index is 0.286. The Balaban J connectivity index is 1.76. The summed E-state index contributed by atoms with van der Waals surface area (Å²) in [5, 5.41) is 3.11. The molecular formula is C11H21FN2. The van der Waals surface area contributed by atoms with Gasteiger partial charge in [0.15, 0.2) is 0 Å². The molecule has 0 aromatic heterocycles. The number of rotatable bonds is 2. The number of nitrogens with one attached hydrogen (secondary N) is 1. The molecule has 0 bridgehead atoms. The van der Waals surface area contributed by atoms with Crippen molar-refractivity contribution in [3.63, 3.8) is 0 Å². The summed E-state index contributed by atoms with van der Waals surface area (Å²) in [4.78, 5) is 2.45. The van der Waals surface area contributed by atoms with Crippen LogP contribution in [0.25, 0.3) is 0 Å². The van der Waals surface area contributed by atoms with Crippen molar-refractivity contribution in [1.82, 2.24) is 10.2 Å². The number of alkyl halides is 1. The molecule has 0 aromatic rings. The Labute approximate surface area is 85.9 Å². The van der Waals surface area contributed by atoms with Crippen molar-refractivity contribution in [2.45, 2.75) is 31.9 Å². The zero-order valence-electron chi connectivity index (χ0n) is 8.84. The van der Waals surface area contributed by atoms with Crippen LogP contribution in [0.4, 0.5) is 4.39 Å². The lowest BCUT2D eigenvalue weighted by atomic mass is 9.95. The van der Waals surface area contributed by atoms with Gasteiger partial charge in [-0.3, -0.25) is 0 Å². The lowest BCUT2D eigenvalue weighted by Crippen LogP contribution is -2.44. The number of nitrogens with zero attached hydrogens (tertiary/aromatic N) is 1. The summed E-state index contributed by atoms with van der Waals surface area (Å²) < 4.78 is 13.5. The van der Waals surface area contributed by atoms with Crippen LogP contribution < -0.4 is 5.32 Å². The fourth-order valence-electron chi connectivity index (χ4n) is 2.55. The quantitative estimate of drug-likeness (QED) is 0.725. The van der Waals surface area contributed by atoms with E-state index in [1.807, 2.05) is 0 Å². The summed E-state index contributed by atoms with van der Waals surface area (Å²) >= 11 is 0. The molecule has 2 rings (SSSR count). The smallest absolute Gasteiger partial charge is 0.117 e. The molecule has 2 heterocycles. The number of hydrogen-bond donors (Lipinski definition) is 1. The van der Waals surface area contributed by atoms with Gasteiger partial charge in [0.25, 0.3) is 0 Å². The first kappa shape index (κ1) is 10.4. The Bertz CT molecular complexity index is 169. The molecule has 2 atom stereocenters. The van der Waals surface area contributed by atoms with Crippen LogP contribution in [-0.4, -0.2) is 43.8 Å². The predicted octanol–water partition coefficient (Wildman–Crippen LogP) is 1.42. The third-order valence-corrected chi connectivity index (χ3v) is 3.48. The van der Waals surface area contributed by atoms with Crippen molar-refractivity contribution < 1.29 is 4.39 Å². The number of likely N-dealkylation sites (tertiary alicyclic amines) is 1. The first-order chi connectivity index (χ1) is 6.86. The normalized spacial score (nSPS) is 35.8. The molecule has 0 aromatic carbocycles. The van der Waals surface area contributed by atoms with Gasteiger partial charge in [-0.25, -0.2) is 4.39 Å². The lowest BCUT2D eigenvalue weighted by Gasteiger charge is -2.34. The number of hydrogen-bond acceptors (Lipinski definition) is 2. The zero-order valence-corrected chi connectivity index (χ0v) is 8.84. The third kappa shape index (κ3) is 2.67. The molecular weight excluding hydrogens is 179 g/mol. The fraction of sp³-hybridized carbons (Fsp3) is 1.00. The van der Waals surface area contributed by atoms with Crippen LogP contribution in [0.3, 0.4) is 0 Å². The number of piperidine rings is 2. The molecule has 3 heteroatoms. The minimum atomic E-state index is -0.620. The molecule has 0 aliphatic carbocycles. The highest BCUT2D eigenvalue weighted by Gasteiger charge is 2.26. The second-order valence-corrected chi connectivity index (χ2v) is 4.63. The van der Waals surface area contributed by atoms with Gasteiger partial charge in [0.05, 0.1) is 0 Å². The van der Waals surface area contributed by atoms with Gasteiger partial charge in [-0.05, 0) is 38.9 Å². The summed E-state index contributed by atoms with van der Waals surface area (Å²) in [5.74, 6) is 0.286. The Morgan fingerprint density at radius 1 is 1.21 bits per heavy atom. The van der Waals surface area contributed by atoms with Gasteiger partial charge >= 0.3 is 0 Å². The van der Waals surface area contributed by atoms with Crippen LogP contribution in [0, 0.1) is 5.92 Å². The number of halogens is 1.